The Hall–Kier alpha value is 0.0949. The smallest absolute Gasteiger partial charge is 0.264 e. The van der Waals surface area contributed by atoms with Crippen molar-refractivity contribution in [3.05, 3.63) is 0 Å². The van der Waals surface area contributed by atoms with Crippen LogP contribution < -0.4 is 5.09 Å². The summed E-state index contributed by atoms with van der Waals surface area (Å²) in [5.41, 5.74) is 0. The third-order valence-corrected chi connectivity index (χ3v) is 3.14. The van der Waals surface area contributed by atoms with Crippen LogP contribution in [-0.4, -0.2) is 62.5 Å². The van der Waals surface area contributed by atoms with Gasteiger partial charge in [0.1, 0.15) is 7.85 Å². The van der Waals surface area contributed by atoms with Crippen molar-refractivity contribution in [2.45, 2.75) is 24.3 Å². The Morgan fingerprint density at radius 2 is 2.27 bits per heavy atom. The van der Waals surface area contributed by atoms with Gasteiger partial charge in [-0.2, -0.15) is 0 Å². The Labute approximate surface area is 89.9 Å². The second kappa shape index (κ2) is 4.95. The van der Waals surface area contributed by atoms with E-state index in [4.69, 9.17) is 9.47 Å². The quantitative estimate of drug-likeness (QED) is 0.392. The molecule has 2 unspecified atom stereocenters. The van der Waals surface area contributed by atoms with Crippen LogP contribution >= 0.6 is 7.52 Å². The zero-order chi connectivity index (χ0) is 11.6. The highest BCUT2D eigenvalue weighted by Crippen LogP contribution is 2.34. The third-order valence-electron chi connectivity index (χ3n) is 2.36. The Morgan fingerprint density at radius 1 is 1.67 bits per heavy atom. The average Bonchev–Trinajstić information content (AvgIpc) is 2.32. The average molecular weight is 237 g/mol. The van der Waals surface area contributed by atoms with E-state index in [1.807, 2.05) is 0 Å². The van der Waals surface area contributed by atoms with Crippen molar-refractivity contribution in [1.29, 1.82) is 0 Å². The molecule has 0 saturated carbocycles. The van der Waals surface area contributed by atoms with E-state index in [-0.39, 0.29) is 12.6 Å². The first-order chi connectivity index (χ1) is 6.85. The molecule has 5 atom stereocenters. The molecule has 1 heterocycles. The van der Waals surface area contributed by atoms with Gasteiger partial charge in [0.2, 0.25) is 0 Å². The highest BCUT2D eigenvalue weighted by Gasteiger charge is 2.42. The van der Waals surface area contributed by atoms with E-state index in [1.165, 1.54) is 13.8 Å². The van der Waals surface area contributed by atoms with Gasteiger partial charge < -0.3 is 19.5 Å². The molecular weight excluding hydrogens is 220 g/mol. The van der Waals surface area contributed by atoms with Gasteiger partial charge in [-0.1, -0.05) is 0 Å². The summed E-state index contributed by atoms with van der Waals surface area (Å²) < 4.78 is 21.5. The molecule has 1 saturated heterocycles. The van der Waals surface area contributed by atoms with Crippen molar-refractivity contribution in [2.24, 2.45) is 0 Å². The summed E-state index contributed by atoms with van der Waals surface area (Å²) in [5, 5.41) is 12.2. The summed E-state index contributed by atoms with van der Waals surface area (Å²) in [6.45, 7) is 1.46. The maximum atomic E-state index is 11.2. The normalized spacial score (nSPS) is 40.3. The van der Waals surface area contributed by atoms with E-state index in [0.29, 0.717) is 0 Å². The van der Waals surface area contributed by atoms with Gasteiger partial charge in [0, 0.05) is 13.8 Å². The monoisotopic (exact) mass is 237 g/mol. The van der Waals surface area contributed by atoms with Gasteiger partial charge in [0.15, 0.2) is 0 Å². The molecule has 0 spiro atoms. The largest absolute Gasteiger partial charge is 0.389 e. The van der Waals surface area contributed by atoms with E-state index < -0.39 is 25.8 Å². The first-order valence-electron chi connectivity index (χ1n) is 4.75. The van der Waals surface area contributed by atoms with Crippen molar-refractivity contribution in [2.75, 3.05) is 20.4 Å². The third kappa shape index (κ3) is 3.55. The SMILES string of the molecule is B[C@@H]1O[C@H](COC)C(NP(C)(=O)O)[C@@H]1O. The van der Waals surface area contributed by atoms with Crippen LogP contribution in [0.15, 0.2) is 0 Å². The standard InChI is InChI=1S/C7H17BNO5P/c1-13-3-4-5(9-15(2,11)12)6(10)7(8)14-4/h4-7,10H,3,8H2,1-2H3,(H2,9,11,12)/t4-,5?,6+,7-/m1/s1. The second-order valence-electron chi connectivity index (χ2n) is 3.86. The van der Waals surface area contributed by atoms with E-state index in [9.17, 15) is 14.6 Å². The number of nitrogens with one attached hydrogen (secondary N) is 1. The fourth-order valence-corrected chi connectivity index (χ4v) is 2.57. The molecular formula is C7H17BNO5P. The molecule has 0 aliphatic carbocycles. The van der Waals surface area contributed by atoms with Crippen molar-refractivity contribution < 1.29 is 24.0 Å². The first kappa shape index (κ1) is 13.2. The molecule has 1 aliphatic heterocycles. The molecule has 8 heteroatoms. The van der Waals surface area contributed by atoms with Crippen LogP contribution in [-0.2, 0) is 14.0 Å². The molecule has 0 aromatic rings. The van der Waals surface area contributed by atoms with Gasteiger partial charge >= 0.3 is 0 Å². The van der Waals surface area contributed by atoms with E-state index in [2.05, 4.69) is 5.09 Å². The molecule has 0 aromatic carbocycles. The van der Waals surface area contributed by atoms with E-state index in [1.54, 1.807) is 7.85 Å². The van der Waals surface area contributed by atoms with Crippen LogP contribution in [0.25, 0.3) is 0 Å². The maximum Gasteiger partial charge on any atom is 0.264 e. The molecule has 3 N–H and O–H groups in total. The summed E-state index contributed by atoms with van der Waals surface area (Å²) in [4.78, 5) is 9.21. The molecule has 1 aliphatic rings. The molecule has 0 bridgehead atoms. The van der Waals surface area contributed by atoms with Crippen LogP contribution in [0.2, 0.25) is 0 Å². The van der Waals surface area contributed by atoms with Crippen LogP contribution in [0.5, 0.6) is 0 Å². The van der Waals surface area contributed by atoms with Crippen molar-refractivity contribution >= 4 is 15.4 Å². The minimum Gasteiger partial charge on any atom is -0.389 e. The van der Waals surface area contributed by atoms with Gasteiger partial charge in [0.25, 0.3) is 7.52 Å². The number of aliphatic hydroxyl groups excluding tert-OH is 1. The van der Waals surface area contributed by atoms with Gasteiger partial charge in [-0.3, -0.25) is 4.57 Å². The minimum atomic E-state index is -3.39. The van der Waals surface area contributed by atoms with Crippen LogP contribution in [0.4, 0.5) is 0 Å². The van der Waals surface area contributed by atoms with Gasteiger partial charge in [-0.05, 0) is 0 Å². The summed E-state index contributed by atoms with van der Waals surface area (Å²) in [6, 6.07) is -0.935. The summed E-state index contributed by atoms with van der Waals surface area (Å²) in [5.74, 6) is 0. The number of aliphatic hydroxyl groups is 1. The number of methoxy groups -OCH3 is 1. The maximum absolute atomic E-state index is 11.2. The number of ether oxygens (including phenoxy) is 2. The van der Waals surface area contributed by atoms with Crippen LogP contribution in [0.1, 0.15) is 0 Å². The molecule has 1 fully saturated rings. The highest BCUT2D eigenvalue weighted by atomic mass is 31.2. The van der Waals surface area contributed by atoms with E-state index in [0.717, 1.165) is 0 Å². The van der Waals surface area contributed by atoms with E-state index >= 15 is 0 Å². The predicted octanol–water partition coefficient (Wildman–Crippen LogP) is -1.87. The predicted molar refractivity (Wildman–Crippen MR) is 57.8 cm³/mol. The van der Waals surface area contributed by atoms with Crippen LogP contribution in [0, 0.1) is 0 Å². The Morgan fingerprint density at radius 3 is 2.73 bits per heavy atom. The summed E-state index contributed by atoms with van der Waals surface area (Å²) in [7, 11) is -0.156. The number of hydrogen-bond acceptors (Lipinski definition) is 4. The Bertz CT molecular complexity index is 260. The zero-order valence-electron chi connectivity index (χ0n) is 9.08. The van der Waals surface area contributed by atoms with Crippen molar-refractivity contribution in [1.82, 2.24) is 5.09 Å². The highest BCUT2D eigenvalue weighted by molar-refractivity contribution is 7.55. The lowest BCUT2D eigenvalue weighted by Gasteiger charge is -2.22. The molecule has 6 nitrogen and oxygen atoms in total. The summed E-state index contributed by atoms with van der Waals surface area (Å²) in [6.07, 6.45) is -1.20. The molecule has 0 amide bonds. The number of rotatable bonds is 4. The van der Waals surface area contributed by atoms with Crippen molar-refractivity contribution in [3.63, 3.8) is 0 Å². The molecule has 0 radical (unpaired) electrons. The van der Waals surface area contributed by atoms with Gasteiger partial charge in [-0.15, -0.1) is 0 Å². The first-order valence-corrected chi connectivity index (χ1v) is 6.86. The van der Waals surface area contributed by atoms with Gasteiger partial charge in [-0.25, -0.2) is 5.09 Å². The Kier molecular flexibility index (Phi) is 4.34. The number of hydrogen-bond donors (Lipinski definition) is 3. The molecule has 0 aromatic heterocycles. The fourth-order valence-electron chi connectivity index (χ4n) is 1.70. The van der Waals surface area contributed by atoms with Crippen LogP contribution in [0.3, 0.4) is 0 Å². The van der Waals surface area contributed by atoms with Gasteiger partial charge in [0.05, 0.1) is 30.9 Å². The topological polar surface area (TPSA) is 88.0 Å². The lowest BCUT2D eigenvalue weighted by atomic mass is 9.92. The summed E-state index contributed by atoms with van der Waals surface area (Å²) >= 11 is 0. The second-order valence-corrected chi connectivity index (χ2v) is 5.88. The lowest BCUT2D eigenvalue weighted by molar-refractivity contribution is 0.0135. The zero-order valence-corrected chi connectivity index (χ0v) is 9.98. The lowest BCUT2D eigenvalue weighted by Crippen LogP contribution is -2.44. The molecule has 15 heavy (non-hydrogen) atoms. The molecule has 1 rings (SSSR count). The fraction of sp³-hybridized carbons (Fsp3) is 1.00. The molecule has 88 valence electrons. The van der Waals surface area contributed by atoms with Crippen molar-refractivity contribution in [3.8, 4) is 0 Å². The minimum absolute atomic E-state index is 0.277. The Balaban J connectivity index is 2.68.